The van der Waals surface area contributed by atoms with Crippen molar-refractivity contribution in [3.05, 3.63) is 52.8 Å². The Labute approximate surface area is 92.3 Å². The molecule has 0 fully saturated rings. The fourth-order valence-corrected chi connectivity index (χ4v) is 1.60. The fourth-order valence-electron chi connectivity index (χ4n) is 1.24. The van der Waals surface area contributed by atoms with Crippen LogP contribution in [0.5, 0.6) is 0 Å². The first-order valence-corrected chi connectivity index (χ1v) is 4.89. The van der Waals surface area contributed by atoms with E-state index in [2.05, 4.69) is 4.98 Å². The highest BCUT2D eigenvalue weighted by atomic mass is 35.5. The van der Waals surface area contributed by atoms with Crippen LogP contribution in [0.1, 0.15) is 0 Å². The third-order valence-electron chi connectivity index (χ3n) is 1.92. The van der Waals surface area contributed by atoms with E-state index in [-0.39, 0.29) is 0 Å². The molecule has 0 spiro atoms. The van der Waals surface area contributed by atoms with Gasteiger partial charge in [-0.1, -0.05) is 53.5 Å². The number of pyridine rings is 1. The van der Waals surface area contributed by atoms with Crippen molar-refractivity contribution in [2.24, 2.45) is 0 Å². The first-order valence-electron chi connectivity index (χ1n) is 4.13. The Morgan fingerprint density at radius 2 is 1.64 bits per heavy atom. The molecule has 1 heterocycles. The molecule has 0 amide bonds. The molecule has 1 aromatic heterocycles. The van der Waals surface area contributed by atoms with Gasteiger partial charge in [0.05, 0.1) is 10.0 Å². The van der Waals surface area contributed by atoms with Crippen LogP contribution in [0.25, 0.3) is 11.1 Å². The first-order chi connectivity index (χ1) is 6.79. The zero-order chi connectivity index (χ0) is 9.97. The van der Waals surface area contributed by atoms with E-state index in [1.165, 1.54) is 6.20 Å². The molecular weight excluding hydrogens is 217 g/mol. The molecule has 2 aromatic rings. The monoisotopic (exact) mass is 223 g/mol. The SMILES string of the molecule is Clc1cncc(-c2ccccc2)c1Cl. The fraction of sp³-hybridized carbons (Fsp3) is 0. The summed E-state index contributed by atoms with van der Waals surface area (Å²) in [7, 11) is 0. The summed E-state index contributed by atoms with van der Waals surface area (Å²) in [5.41, 5.74) is 1.88. The quantitative estimate of drug-likeness (QED) is 0.711. The molecule has 0 unspecified atom stereocenters. The second-order valence-electron chi connectivity index (χ2n) is 2.85. The van der Waals surface area contributed by atoms with E-state index >= 15 is 0 Å². The molecule has 0 aliphatic carbocycles. The highest BCUT2D eigenvalue weighted by Gasteiger charge is 2.06. The number of hydrogen-bond acceptors (Lipinski definition) is 1. The third-order valence-corrected chi connectivity index (χ3v) is 2.71. The molecule has 1 aromatic carbocycles. The molecule has 70 valence electrons. The van der Waals surface area contributed by atoms with Crippen molar-refractivity contribution in [1.82, 2.24) is 4.98 Å². The van der Waals surface area contributed by atoms with Gasteiger partial charge in [-0.3, -0.25) is 4.98 Å². The van der Waals surface area contributed by atoms with Crippen LogP contribution in [0.4, 0.5) is 0 Å². The lowest BCUT2D eigenvalue weighted by Gasteiger charge is -2.04. The van der Waals surface area contributed by atoms with Gasteiger partial charge in [-0.05, 0) is 5.56 Å². The van der Waals surface area contributed by atoms with E-state index in [1.54, 1.807) is 6.20 Å². The molecule has 1 nitrogen and oxygen atoms in total. The Hall–Kier alpha value is -1.05. The average molecular weight is 224 g/mol. The predicted molar refractivity (Wildman–Crippen MR) is 59.7 cm³/mol. The van der Waals surface area contributed by atoms with E-state index in [0.717, 1.165) is 11.1 Å². The largest absolute Gasteiger partial charge is 0.262 e. The molecule has 0 saturated carbocycles. The topological polar surface area (TPSA) is 12.9 Å². The van der Waals surface area contributed by atoms with Gasteiger partial charge < -0.3 is 0 Å². The second kappa shape index (κ2) is 3.99. The van der Waals surface area contributed by atoms with Crippen molar-refractivity contribution in [3.8, 4) is 11.1 Å². The lowest BCUT2D eigenvalue weighted by Crippen LogP contribution is -1.82. The standard InChI is InChI=1S/C11H7Cl2N/c12-10-7-14-6-9(11(10)13)8-4-2-1-3-5-8/h1-7H. The van der Waals surface area contributed by atoms with Gasteiger partial charge in [0.15, 0.2) is 0 Å². The van der Waals surface area contributed by atoms with Gasteiger partial charge in [0.1, 0.15) is 0 Å². The first kappa shape index (κ1) is 9.50. The molecule has 3 heteroatoms. The van der Waals surface area contributed by atoms with E-state index in [0.29, 0.717) is 10.0 Å². The summed E-state index contributed by atoms with van der Waals surface area (Å²) in [6.45, 7) is 0. The maximum atomic E-state index is 6.06. The average Bonchev–Trinajstić information content (AvgIpc) is 2.23. The van der Waals surface area contributed by atoms with E-state index in [1.807, 2.05) is 30.3 Å². The van der Waals surface area contributed by atoms with Crippen LogP contribution in [0, 0.1) is 0 Å². The van der Waals surface area contributed by atoms with Gasteiger partial charge in [-0.2, -0.15) is 0 Å². The maximum Gasteiger partial charge on any atom is 0.0781 e. The number of nitrogens with zero attached hydrogens (tertiary/aromatic N) is 1. The van der Waals surface area contributed by atoms with E-state index in [9.17, 15) is 0 Å². The second-order valence-corrected chi connectivity index (χ2v) is 3.63. The highest BCUT2D eigenvalue weighted by Crippen LogP contribution is 2.31. The van der Waals surface area contributed by atoms with E-state index < -0.39 is 0 Å². The summed E-state index contributed by atoms with van der Waals surface area (Å²) in [5.74, 6) is 0. The zero-order valence-electron chi connectivity index (χ0n) is 7.24. The van der Waals surface area contributed by atoms with Crippen LogP contribution in [-0.4, -0.2) is 4.98 Å². The third kappa shape index (κ3) is 1.74. The molecule has 0 N–H and O–H groups in total. The van der Waals surface area contributed by atoms with Crippen molar-refractivity contribution in [3.63, 3.8) is 0 Å². The molecule has 0 radical (unpaired) electrons. The van der Waals surface area contributed by atoms with Gasteiger partial charge in [-0.15, -0.1) is 0 Å². The molecular formula is C11H7Cl2N. The molecule has 0 atom stereocenters. The van der Waals surface area contributed by atoms with Crippen molar-refractivity contribution >= 4 is 23.2 Å². The predicted octanol–water partition coefficient (Wildman–Crippen LogP) is 4.06. The summed E-state index contributed by atoms with van der Waals surface area (Å²) >= 11 is 11.9. The molecule has 2 rings (SSSR count). The van der Waals surface area contributed by atoms with Crippen molar-refractivity contribution in [2.75, 3.05) is 0 Å². The highest BCUT2D eigenvalue weighted by molar-refractivity contribution is 6.43. The summed E-state index contributed by atoms with van der Waals surface area (Å²) in [5, 5.41) is 1.03. The maximum absolute atomic E-state index is 6.06. The molecule has 0 saturated heterocycles. The summed E-state index contributed by atoms with van der Waals surface area (Å²) in [4.78, 5) is 4.01. The summed E-state index contributed by atoms with van der Waals surface area (Å²) < 4.78 is 0. The number of benzene rings is 1. The molecule has 14 heavy (non-hydrogen) atoms. The van der Waals surface area contributed by atoms with Gasteiger partial charge in [0, 0.05) is 18.0 Å². The number of halogens is 2. The lowest BCUT2D eigenvalue weighted by molar-refractivity contribution is 1.33. The van der Waals surface area contributed by atoms with Crippen molar-refractivity contribution in [1.29, 1.82) is 0 Å². The summed E-state index contributed by atoms with van der Waals surface area (Å²) in [6, 6.07) is 9.80. The van der Waals surface area contributed by atoms with Crippen LogP contribution in [-0.2, 0) is 0 Å². The normalized spacial score (nSPS) is 10.1. The van der Waals surface area contributed by atoms with Crippen LogP contribution >= 0.6 is 23.2 Å². The Morgan fingerprint density at radius 1 is 0.929 bits per heavy atom. The smallest absolute Gasteiger partial charge is 0.0781 e. The van der Waals surface area contributed by atoms with Gasteiger partial charge in [0.2, 0.25) is 0 Å². The number of rotatable bonds is 1. The zero-order valence-corrected chi connectivity index (χ0v) is 8.76. The number of aromatic nitrogens is 1. The Bertz CT molecular complexity index is 440. The number of hydrogen-bond donors (Lipinski definition) is 0. The van der Waals surface area contributed by atoms with Crippen LogP contribution in [0.2, 0.25) is 10.0 Å². The van der Waals surface area contributed by atoms with Crippen molar-refractivity contribution in [2.45, 2.75) is 0 Å². The molecule has 0 bridgehead atoms. The minimum absolute atomic E-state index is 0.480. The van der Waals surface area contributed by atoms with E-state index in [4.69, 9.17) is 23.2 Å². The van der Waals surface area contributed by atoms with Gasteiger partial charge in [-0.25, -0.2) is 0 Å². The van der Waals surface area contributed by atoms with Crippen LogP contribution < -0.4 is 0 Å². The summed E-state index contributed by atoms with van der Waals surface area (Å²) in [6.07, 6.45) is 3.25. The van der Waals surface area contributed by atoms with Gasteiger partial charge in [0.25, 0.3) is 0 Å². The van der Waals surface area contributed by atoms with Crippen molar-refractivity contribution < 1.29 is 0 Å². The lowest BCUT2D eigenvalue weighted by atomic mass is 10.1. The molecule has 0 aliphatic rings. The Kier molecular flexibility index (Phi) is 2.71. The van der Waals surface area contributed by atoms with Crippen LogP contribution in [0.15, 0.2) is 42.7 Å². The Balaban J connectivity index is 2.58. The van der Waals surface area contributed by atoms with Crippen LogP contribution in [0.3, 0.4) is 0 Å². The Morgan fingerprint density at radius 3 is 2.36 bits per heavy atom. The minimum atomic E-state index is 0.480. The molecule has 0 aliphatic heterocycles. The minimum Gasteiger partial charge on any atom is -0.262 e. The van der Waals surface area contributed by atoms with Gasteiger partial charge >= 0.3 is 0 Å².